The van der Waals surface area contributed by atoms with Gasteiger partial charge >= 0.3 is 0 Å². The van der Waals surface area contributed by atoms with Gasteiger partial charge in [0.1, 0.15) is 0 Å². The van der Waals surface area contributed by atoms with Crippen LogP contribution in [-0.2, 0) is 0 Å². The molecule has 2 bridgehead atoms. The minimum atomic E-state index is 0.366. The van der Waals surface area contributed by atoms with Crippen LogP contribution < -0.4 is 5.73 Å². The van der Waals surface area contributed by atoms with E-state index < -0.39 is 0 Å². The maximum Gasteiger partial charge on any atom is 0.0661 e. The minimum absolute atomic E-state index is 0.366. The number of nitrogens with two attached hydrogens (primary N) is 1. The molecule has 0 aliphatic heterocycles. The lowest BCUT2D eigenvalue weighted by Gasteiger charge is -2.25. The van der Waals surface area contributed by atoms with Crippen LogP contribution in [0, 0.1) is 35.0 Å². The van der Waals surface area contributed by atoms with E-state index >= 15 is 0 Å². The Morgan fingerprint density at radius 3 is 2.77 bits per heavy atom. The summed E-state index contributed by atoms with van der Waals surface area (Å²) in [7, 11) is 0. The second kappa shape index (κ2) is 3.67. The van der Waals surface area contributed by atoms with Crippen LogP contribution in [0.1, 0.15) is 32.1 Å². The molecule has 0 saturated heterocycles. The molecule has 2 nitrogen and oxygen atoms in total. The third kappa shape index (κ3) is 1.46. The predicted molar refractivity (Wildman–Crippen MR) is 51.7 cm³/mol. The molecule has 4 atom stereocenters. The Morgan fingerprint density at radius 1 is 1.31 bits per heavy atom. The zero-order valence-electron chi connectivity index (χ0n) is 8.08. The summed E-state index contributed by atoms with van der Waals surface area (Å²) in [5, 5.41) is 9.08. The zero-order chi connectivity index (χ0) is 9.26. The van der Waals surface area contributed by atoms with E-state index in [2.05, 4.69) is 6.07 Å². The first-order chi connectivity index (χ1) is 6.36. The van der Waals surface area contributed by atoms with Gasteiger partial charge in [-0.25, -0.2) is 0 Å². The number of nitriles is 1. The minimum Gasteiger partial charge on any atom is -0.330 e. The lowest BCUT2D eigenvalue weighted by Crippen LogP contribution is -2.21. The number of nitrogens with zero attached hydrogens (tertiary/aromatic N) is 1. The Kier molecular flexibility index (Phi) is 2.55. The molecule has 0 radical (unpaired) electrons. The van der Waals surface area contributed by atoms with Crippen molar-refractivity contribution in [3.63, 3.8) is 0 Å². The van der Waals surface area contributed by atoms with Gasteiger partial charge in [0, 0.05) is 0 Å². The SMILES string of the molecule is N#C[C@@H]1[C@H]2CC[C@@H](C2)[C@@H]1CCCN. The fraction of sp³-hybridized carbons (Fsp3) is 0.909. The Hall–Kier alpha value is -0.550. The fourth-order valence-electron chi connectivity index (χ4n) is 3.38. The van der Waals surface area contributed by atoms with Gasteiger partial charge in [-0.2, -0.15) is 5.26 Å². The Labute approximate surface area is 80.1 Å². The van der Waals surface area contributed by atoms with Crippen LogP contribution in [0.5, 0.6) is 0 Å². The van der Waals surface area contributed by atoms with Crippen LogP contribution >= 0.6 is 0 Å². The highest BCUT2D eigenvalue weighted by Crippen LogP contribution is 2.53. The molecule has 2 heteroatoms. The van der Waals surface area contributed by atoms with Gasteiger partial charge in [-0.1, -0.05) is 0 Å². The summed E-state index contributed by atoms with van der Waals surface area (Å²) in [4.78, 5) is 0. The Balaban J connectivity index is 1.97. The molecular formula is C11H18N2. The summed E-state index contributed by atoms with van der Waals surface area (Å²) < 4.78 is 0. The predicted octanol–water partition coefficient (Wildman–Crippen LogP) is 1.91. The molecule has 2 saturated carbocycles. The summed E-state index contributed by atoms with van der Waals surface area (Å²) in [5.74, 6) is 2.65. The monoisotopic (exact) mass is 178 g/mol. The van der Waals surface area contributed by atoms with Gasteiger partial charge in [-0.05, 0) is 56.4 Å². The lowest BCUT2D eigenvalue weighted by molar-refractivity contribution is 0.253. The van der Waals surface area contributed by atoms with E-state index in [4.69, 9.17) is 11.0 Å². The molecule has 0 amide bonds. The summed E-state index contributed by atoms with van der Waals surface area (Å²) in [5.41, 5.74) is 5.51. The molecule has 2 rings (SSSR count). The summed E-state index contributed by atoms with van der Waals surface area (Å²) in [6.45, 7) is 0.784. The summed E-state index contributed by atoms with van der Waals surface area (Å²) in [6.07, 6.45) is 6.30. The van der Waals surface area contributed by atoms with Crippen molar-refractivity contribution < 1.29 is 0 Å². The molecule has 0 aromatic heterocycles. The molecule has 0 aromatic rings. The van der Waals surface area contributed by atoms with Crippen LogP contribution in [0.15, 0.2) is 0 Å². The number of fused-ring (bicyclic) bond motifs is 2. The van der Waals surface area contributed by atoms with Crippen molar-refractivity contribution in [2.24, 2.45) is 29.4 Å². The van der Waals surface area contributed by atoms with Crippen LogP contribution in [0.3, 0.4) is 0 Å². The average molecular weight is 178 g/mol. The van der Waals surface area contributed by atoms with E-state index in [1.54, 1.807) is 0 Å². The molecule has 72 valence electrons. The van der Waals surface area contributed by atoms with Crippen LogP contribution in [-0.4, -0.2) is 6.54 Å². The molecule has 13 heavy (non-hydrogen) atoms. The van der Waals surface area contributed by atoms with Crippen molar-refractivity contribution in [2.45, 2.75) is 32.1 Å². The Bertz CT molecular complexity index is 219. The second-order valence-corrected chi connectivity index (χ2v) is 4.58. The summed E-state index contributed by atoms with van der Waals surface area (Å²) in [6, 6.07) is 2.51. The first-order valence-corrected chi connectivity index (χ1v) is 5.46. The van der Waals surface area contributed by atoms with Gasteiger partial charge in [-0.3, -0.25) is 0 Å². The second-order valence-electron chi connectivity index (χ2n) is 4.58. The molecule has 2 aliphatic carbocycles. The van der Waals surface area contributed by atoms with Crippen molar-refractivity contribution in [3.05, 3.63) is 0 Å². The van der Waals surface area contributed by atoms with Crippen LogP contribution in [0.4, 0.5) is 0 Å². The third-order valence-electron chi connectivity index (χ3n) is 3.98. The first kappa shape index (κ1) is 9.02. The molecule has 0 heterocycles. The van der Waals surface area contributed by atoms with E-state index in [0.29, 0.717) is 11.8 Å². The van der Waals surface area contributed by atoms with Gasteiger partial charge < -0.3 is 5.73 Å². The van der Waals surface area contributed by atoms with Crippen molar-refractivity contribution in [3.8, 4) is 6.07 Å². The molecule has 0 spiro atoms. The summed E-state index contributed by atoms with van der Waals surface area (Å²) >= 11 is 0. The lowest BCUT2D eigenvalue weighted by atomic mass is 9.78. The molecule has 2 fully saturated rings. The highest BCUT2D eigenvalue weighted by atomic mass is 14.5. The van der Waals surface area contributed by atoms with Gasteiger partial charge in [0.25, 0.3) is 0 Å². The Morgan fingerprint density at radius 2 is 2.08 bits per heavy atom. The van der Waals surface area contributed by atoms with E-state index in [-0.39, 0.29) is 0 Å². The third-order valence-corrected chi connectivity index (χ3v) is 3.98. The molecule has 0 aromatic carbocycles. The van der Waals surface area contributed by atoms with Crippen molar-refractivity contribution in [2.75, 3.05) is 6.54 Å². The van der Waals surface area contributed by atoms with Gasteiger partial charge in [0.05, 0.1) is 12.0 Å². The molecule has 2 aliphatic rings. The molecule has 0 unspecified atom stereocenters. The number of rotatable bonds is 3. The quantitative estimate of drug-likeness (QED) is 0.717. The number of hydrogen-bond acceptors (Lipinski definition) is 2. The van der Waals surface area contributed by atoms with E-state index in [9.17, 15) is 0 Å². The maximum absolute atomic E-state index is 9.08. The van der Waals surface area contributed by atoms with Crippen molar-refractivity contribution >= 4 is 0 Å². The fourth-order valence-corrected chi connectivity index (χ4v) is 3.38. The molecular weight excluding hydrogens is 160 g/mol. The van der Waals surface area contributed by atoms with E-state index in [1.165, 1.54) is 25.7 Å². The van der Waals surface area contributed by atoms with E-state index in [1.807, 2.05) is 0 Å². The van der Waals surface area contributed by atoms with Gasteiger partial charge in [0.2, 0.25) is 0 Å². The number of hydrogen-bond donors (Lipinski definition) is 1. The zero-order valence-corrected chi connectivity index (χ0v) is 8.08. The average Bonchev–Trinajstić information content (AvgIpc) is 2.73. The highest BCUT2D eigenvalue weighted by molar-refractivity contribution is 5.04. The maximum atomic E-state index is 9.08. The largest absolute Gasteiger partial charge is 0.330 e. The van der Waals surface area contributed by atoms with Crippen molar-refractivity contribution in [1.82, 2.24) is 0 Å². The van der Waals surface area contributed by atoms with Gasteiger partial charge in [-0.15, -0.1) is 0 Å². The smallest absolute Gasteiger partial charge is 0.0661 e. The van der Waals surface area contributed by atoms with Crippen LogP contribution in [0.2, 0.25) is 0 Å². The first-order valence-electron chi connectivity index (χ1n) is 5.46. The standard InChI is InChI=1S/C11H18N2/c12-5-1-2-10-8-3-4-9(6-8)11(10)7-13/h8-11H,1-6,12H2/t8-,9-,10-,11+/m0/s1. The van der Waals surface area contributed by atoms with E-state index in [0.717, 1.165) is 24.8 Å². The van der Waals surface area contributed by atoms with Gasteiger partial charge in [0.15, 0.2) is 0 Å². The van der Waals surface area contributed by atoms with Crippen molar-refractivity contribution in [1.29, 1.82) is 5.26 Å². The normalized spacial score (nSPS) is 42.2. The molecule has 2 N–H and O–H groups in total. The highest BCUT2D eigenvalue weighted by Gasteiger charge is 2.46. The van der Waals surface area contributed by atoms with Crippen LogP contribution in [0.25, 0.3) is 0 Å². The topological polar surface area (TPSA) is 49.8 Å².